The number of nitro groups is 1. The van der Waals surface area contributed by atoms with E-state index in [1.807, 2.05) is 23.1 Å². The smallest absolute Gasteiger partial charge is 0.282 e. The average molecular weight is 457 g/mol. The summed E-state index contributed by atoms with van der Waals surface area (Å²) in [6, 6.07) is 12.0. The van der Waals surface area contributed by atoms with Gasteiger partial charge in [0.05, 0.1) is 11.3 Å². The van der Waals surface area contributed by atoms with Gasteiger partial charge in [0.15, 0.2) is 0 Å². The molecule has 0 aromatic heterocycles. The van der Waals surface area contributed by atoms with Gasteiger partial charge in [-0.1, -0.05) is 29.8 Å². The second-order valence-electron chi connectivity index (χ2n) is 8.09. The van der Waals surface area contributed by atoms with Gasteiger partial charge in [-0.25, -0.2) is 0 Å². The lowest BCUT2D eigenvalue weighted by Gasteiger charge is -2.36. The fraction of sp³-hybridized carbons (Fsp3) is 0.391. The summed E-state index contributed by atoms with van der Waals surface area (Å²) in [7, 11) is 0. The number of amides is 2. The fourth-order valence-corrected chi connectivity index (χ4v) is 4.47. The molecule has 2 fully saturated rings. The van der Waals surface area contributed by atoms with Gasteiger partial charge in [0.2, 0.25) is 5.91 Å². The molecule has 0 radical (unpaired) electrons. The van der Waals surface area contributed by atoms with E-state index in [4.69, 9.17) is 11.6 Å². The molecule has 2 amide bonds. The summed E-state index contributed by atoms with van der Waals surface area (Å²) < 4.78 is 0. The predicted molar refractivity (Wildman–Crippen MR) is 122 cm³/mol. The van der Waals surface area contributed by atoms with Crippen LogP contribution < -0.4 is 4.90 Å². The summed E-state index contributed by atoms with van der Waals surface area (Å²) in [5.41, 5.74) is 1.53. The van der Waals surface area contributed by atoms with Crippen molar-refractivity contribution in [1.82, 2.24) is 9.80 Å². The van der Waals surface area contributed by atoms with E-state index in [1.165, 1.54) is 6.07 Å². The number of anilines is 1. The first kappa shape index (κ1) is 22.1. The molecule has 2 saturated heterocycles. The van der Waals surface area contributed by atoms with Gasteiger partial charge in [-0.05, 0) is 36.6 Å². The van der Waals surface area contributed by atoms with Gasteiger partial charge in [0.25, 0.3) is 11.6 Å². The van der Waals surface area contributed by atoms with E-state index in [0.29, 0.717) is 44.3 Å². The predicted octanol–water partition coefficient (Wildman–Crippen LogP) is 3.38. The van der Waals surface area contributed by atoms with Crippen LogP contribution in [0, 0.1) is 10.1 Å². The van der Waals surface area contributed by atoms with Crippen molar-refractivity contribution in [2.45, 2.75) is 19.3 Å². The summed E-state index contributed by atoms with van der Waals surface area (Å²) in [4.78, 5) is 42.1. The summed E-state index contributed by atoms with van der Waals surface area (Å²) in [5, 5.41) is 12.1. The van der Waals surface area contributed by atoms with Crippen molar-refractivity contribution >= 4 is 34.8 Å². The molecule has 168 valence electrons. The molecular formula is C23H25ClN4O4. The second kappa shape index (κ2) is 9.56. The highest BCUT2D eigenvalue weighted by Gasteiger charge is 2.29. The minimum Gasteiger partial charge on any atom is -0.368 e. The highest BCUT2D eigenvalue weighted by Crippen LogP contribution is 2.28. The summed E-state index contributed by atoms with van der Waals surface area (Å²) in [5.74, 6) is -0.268. The minimum absolute atomic E-state index is 0.0198. The van der Waals surface area contributed by atoms with Gasteiger partial charge in [0.1, 0.15) is 5.56 Å². The van der Waals surface area contributed by atoms with Crippen LogP contribution in [0.15, 0.2) is 42.5 Å². The first-order valence-electron chi connectivity index (χ1n) is 10.8. The van der Waals surface area contributed by atoms with E-state index in [0.717, 1.165) is 24.1 Å². The number of carbonyl (C=O) groups is 2. The zero-order chi connectivity index (χ0) is 22.7. The van der Waals surface area contributed by atoms with Gasteiger partial charge in [-0.2, -0.15) is 0 Å². The largest absolute Gasteiger partial charge is 0.368 e. The molecule has 8 nitrogen and oxygen atoms in total. The van der Waals surface area contributed by atoms with Crippen LogP contribution in [0.1, 0.15) is 28.8 Å². The van der Waals surface area contributed by atoms with Crippen LogP contribution in [0.5, 0.6) is 0 Å². The maximum absolute atomic E-state index is 12.9. The average Bonchev–Trinajstić information content (AvgIpc) is 3.35. The SMILES string of the molecule is O=C(Cc1ccccc1Cl)N1CCN(c2ccc([N+](=O)[O-])c(C(=O)N3CCCC3)c2)CC1. The molecule has 2 aromatic carbocycles. The third-order valence-electron chi connectivity index (χ3n) is 6.10. The maximum Gasteiger partial charge on any atom is 0.282 e. The lowest BCUT2D eigenvalue weighted by atomic mass is 10.1. The summed E-state index contributed by atoms with van der Waals surface area (Å²) in [6.07, 6.45) is 2.10. The van der Waals surface area contributed by atoms with Crippen LogP contribution in [0.3, 0.4) is 0 Å². The van der Waals surface area contributed by atoms with Crippen LogP contribution in [0.4, 0.5) is 11.4 Å². The van der Waals surface area contributed by atoms with E-state index in [-0.39, 0.29) is 29.5 Å². The monoisotopic (exact) mass is 456 g/mol. The molecule has 2 aliphatic rings. The Morgan fingerprint density at radius 1 is 0.938 bits per heavy atom. The van der Waals surface area contributed by atoms with Crippen molar-refractivity contribution in [3.05, 3.63) is 68.7 Å². The van der Waals surface area contributed by atoms with Crippen LogP contribution in [0.25, 0.3) is 0 Å². The first-order valence-corrected chi connectivity index (χ1v) is 11.2. The number of piperazine rings is 1. The molecule has 2 aromatic rings. The maximum atomic E-state index is 12.9. The van der Waals surface area contributed by atoms with E-state index in [1.54, 1.807) is 23.1 Å². The highest BCUT2D eigenvalue weighted by molar-refractivity contribution is 6.31. The van der Waals surface area contributed by atoms with Crippen molar-refractivity contribution in [1.29, 1.82) is 0 Å². The highest BCUT2D eigenvalue weighted by atomic mass is 35.5. The molecule has 0 unspecified atom stereocenters. The molecule has 32 heavy (non-hydrogen) atoms. The molecule has 0 atom stereocenters. The molecule has 9 heteroatoms. The molecule has 2 aliphatic heterocycles. The Bertz CT molecular complexity index is 1030. The molecule has 0 aliphatic carbocycles. The fourth-order valence-electron chi connectivity index (χ4n) is 4.27. The summed E-state index contributed by atoms with van der Waals surface area (Å²) >= 11 is 6.17. The zero-order valence-electron chi connectivity index (χ0n) is 17.7. The molecule has 0 N–H and O–H groups in total. The molecule has 0 saturated carbocycles. The minimum atomic E-state index is -0.502. The molecule has 4 rings (SSSR count). The normalized spacial score (nSPS) is 16.3. The van der Waals surface area contributed by atoms with Crippen LogP contribution in [-0.2, 0) is 11.2 Å². The van der Waals surface area contributed by atoms with Gasteiger partial charge in [0, 0.05) is 56.0 Å². The number of benzene rings is 2. The van der Waals surface area contributed by atoms with E-state index < -0.39 is 4.92 Å². The zero-order valence-corrected chi connectivity index (χ0v) is 18.5. The summed E-state index contributed by atoms with van der Waals surface area (Å²) in [6.45, 7) is 3.51. The lowest BCUT2D eigenvalue weighted by Crippen LogP contribution is -2.49. The van der Waals surface area contributed by atoms with Gasteiger partial charge in [-0.3, -0.25) is 19.7 Å². The molecule has 0 spiro atoms. The Hall–Kier alpha value is -3.13. The number of hydrogen-bond acceptors (Lipinski definition) is 5. The third kappa shape index (κ3) is 4.70. The Morgan fingerprint density at radius 3 is 2.28 bits per heavy atom. The Labute approximate surface area is 191 Å². The standard InChI is InChI=1S/C23H25ClN4O4/c24-20-6-2-1-5-17(20)15-22(29)26-13-11-25(12-14-26)18-7-8-21(28(31)32)19(16-18)23(30)27-9-3-4-10-27/h1-2,5-8,16H,3-4,9-15H2. The number of rotatable bonds is 5. The number of nitrogens with zero attached hydrogens (tertiary/aromatic N) is 4. The van der Waals surface area contributed by atoms with Crippen LogP contribution in [-0.4, -0.2) is 65.8 Å². The van der Waals surface area contributed by atoms with E-state index in [9.17, 15) is 19.7 Å². The van der Waals surface area contributed by atoms with Gasteiger partial charge < -0.3 is 14.7 Å². The molecule has 0 bridgehead atoms. The Balaban J connectivity index is 1.44. The van der Waals surface area contributed by atoms with Crippen LogP contribution in [0.2, 0.25) is 5.02 Å². The molecule has 2 heterocycles. The Kier molecular flexibility index (Phi) is 6.60. The quantitative estimate of drug-likeness (QED) is 0.508. The Morgan fingerprint density at radius 2 is 1.62 bits per heavy atom. The third-order valence-corrected chi connectivity index (χ3v) is 6.47. The van der Waals surface area contributed by atoms with Crippen LogP contribution >= 0.6 is 11.6 Å². The number of hydrogen-bond donors (Lipinski definition) is 0. The lowest BCUT2D eigenvalue weighted by molar-refractivity contribution is -0.385. The van der Waals surface area contributed by atoms with Crippen molar-refractivity contribution in [2.24, 2.45) is 0 Å². The van der Waals surface area contributed by atoms with Crippen molar-refractivity contribution in [3.8, 4) is 0 Å². The van der Waals surface area contributed by atoms with Gasteiger partial charge >= 0.3 is 0 Å². The number of halogens is 1. The number of likely N-dealkylation sites (tertiary alicyclic amines) is 1. The van der Waals surface area contributed by atoms with Crippen molar-refractivity contribution in [3.63, 3.8) is 0 Å². The van der Waals surface area contributed by atoms with E-state index >= 15 is 0 Å². The van der Waals surface area contributed by atoms with Crippen molar-refractivity contribution in [2.75, 3.05) is 44.2 Å². The first-order chi connectivity index (χ1) is 15.4. The number of nitro benzene ring substituents is 1. The number of carbonyl (C=O) groups excluding carboxylic acids is 2. The second-order valence-corrected chi connectivity index (χ2v) is 8.50. The van der Waals surface area contributed by atoms with E-state index in [2.05, 4.69) is 4.90 Å². The topological polar surface area (TPSA) is 87.0 Å². The van der Waals surface area contributed by atoms with Crippen molar-refractivity contribution < 1.29 is 14.5 Å². The molecular weight excluding hydrogens is 432 g/mol. The van der Waals surface area contributed by atoms with Gasteiger partial charge in [-0.15, -0.1) is 0 Å².